The lowest BCUT2D eigenvalue weighted by Crippen LogP contribution is -2.15. The Morgan fingerprint density at radius 2 is 2.40 bits per heavy atom. The molecule has 0 bridgehead atoms. The second kappa shape index (κ2) is 3.68. The van der Waals surface area contributed by atoms with Crippen LogP contribution in [0.25, 0.3) is 0 Å². The molecule has 4 nitrogen and oxygen atoms in total. The van der Waals surface area contributed by atoms with Crippen LogP contribution in [0.15, 0.2) is 6.20 Å². The molecule has 3 N–H and O–H groups in total. The van der Waals surface area contributed by atoms with Gasteiger partial charge in [0.25, 0.3) is 0 Å². The molecule has 0 aliphatic heterocycles. The molecule has 0 aromatic carbocycles. The van der Waals surface area contributed by atoms with Crippen LogP contribution in [0.2, 0.25) is 0 Å². The SMILES string of the molecule is CCC(C)n1ncc(C(=N)N)c1C1CC1. The predicted molar refractivity (Wildman–Crippen MR) is 60.2 cm³/mol. The van der Waals surface area contributed by atoms with Crippen molar-refractivity contribution < 1.29 is 0 Å². The van der Waals surface area contributed by atoms with Crippen LogP contribution < -0.4 is 5.73 Å². The fourth-order valence-electron chi connectivity index (χ4n) is 1.87. The molecule has 0 spiro atoms. The van der Waals surface area contributed by atoms with Gasteiger partial charge in [0.1, 0.15) is 5.84 Å². The Morgan fingerprint density at radius 3 is 2.87 bits per heavy atom. The van der Waals surface area contributed by atoms with E-state index in [4.69, 9.17) is 11.1 Å². The summed E-state index contributed by atoms with van der Waals surface area (Å²) in [6.45, 7) is 4.30. The van der Waals surface area contributed by atoms with Crippen molar-refractivity contribution in [2.24, 2.45) is 5.73 Å². The lowest BCUT2D eigenvalue weighted by molar-refractivity contribution is 0.460. The maximum Gasteiger partial charge on any atom is 0.126 e. The zero-order valence-electron chi connectivity index (χ0n) is 9.33. The van der Waals surface area contributed by atoms with E-state index in [0.717, 1.165) is 12.0 Å². The number of aromatic nitrogens is 2. The highest BCUT2D eigenvalue weighted by molar-refractivity contribution is 5.96. The average Bonchev–Trinajstić information content (AvgIpc) is 2.95. The molecule has 0 saturated heterocycles. The quantitative estimate of drug-likeness (QED) is 0.584. The van der Waals surface area contributed by atoms with Gasteiger partial charge in [-0.2, -0.15) is 5.10 Å². The second-order valence-electron chi connectivity index (χ2n) is 4.33. The maximum absolute atomic E-state index is 7.53. The third-order valence-electron chi connectivity index (χ3n) is 3.10. The van der Waals surface area contributed by atoms with E-state index < -0.39 is 0 Å². The number of amidine groups is 1. The molecule has 15 heavy (non-hydrogen) atoms. The molecular formula is C11H18N4. The van der Waals surface area contributed by atoms with E-state index in [1.807, 2.05) is 0 Å². The van der Waals surface area contributed by atoms with Gasteiger partial charge in [0.05, 0.1) is 17.5 Å². The third-order valence-corrected chi connectivity index (χ3v) is 3.10. The molecule has 2 rings (SSSR count). The summed E-state index contributed by atoms with van der Waals surface area (Å²) in [5, 5.41) is 11.9. The summed E-state index contributed by atoms with van der Waals surface area (Å²) in [5.74, 6) is 0.729. The average molecular weight is 206 g/mol. The van der Waals surface area contributed by atoms with Gasteiger partial charge in [-0.15, -0.1) is 0 Å². The Bertz CT molecular complexity index is 376. The highest BCUT2D eigenvalue weighted by atomic mass is 15.3. The first-order chi connectivity index (χ1) is 7.15. The normalized spacial score (nSPS) is 17.7. The van der Waals surface area contributed by atoms with E-state index in [-0.39, 0.29) is 5.84 Å². The molecule has 82 valence electrons. The summed E-state index contributed by atoms with van der Waals surface area (Å²) in [6.07, 6.45) is 5.21. The van der Waals surface area contributed by atoms with Crippen molar-refractivity contribution in [2.45, 2.75) is 45.1 Å². The number of hydrogen-bond acceptors (Lipinski definition) is 2. The van der Waals surface area contributed by atoms with Gasteiger partial charge in [0.15, 0.2) is 0 Å². The maximum atomic E-state index is 7.53. The van der Waals surface area contributed by atoms with Crippen molar-refractivity contribution in [1.29, 1.82) is 5.41 Å². The summed E-state index contributed by atoms with van der Waals surface area (Å²) in [6, 6.07) is 0.397. The first kappa shape index (κ1) is 10.2. The molecule has 1 heterocycles. The van der Waals surface area contributed by atoms with Gasteiger partial charge < -0.3 is 5.73 Å². The monoisotopic (exact) mass is 206 g/mol. The van der Waals surface area contributed by atoms with Gasteiger partial charge in [0, 0.05) is 12.0 Å². The molecule has 1 fully saturated rings. The van der Waals surface area contributed by atoms with E-state index in [9.17, 15) is 0 Å². The van der Waals surface area contributed by atoms with Gasteiger partial charge in [-0.25, -0.2) is 0 Å². The highest BCUT2D eigenvalue weighted by Crippen LogP contribution is 2.42. The second-order valence-corrected chi connectivity index (χ2v) is 4.33. The van der Waals surface area contributed by atoms with Crippen LogP contribution in [0.5, 0.6) is 0 Å². The van der Waals surface area contributed by atoms with Crippen molar-refractivity contribution >= 4 is 5.84 Å². The molecule has 0 radical (unpaired) electrons. The Kier molecular flexibility index (Phi) is 2.50. The van der Waals surface area contributed by atoms with Crippen molar-refractivity contribution in [2.75, 3.05) is 0 Å². The first-order valence-electron chi connectivity index (χ1n) is 5.57. The lowest BCUT2D eigenvalue weighted by atomic mass is 10.1. The molecule has 1 aromatic rings. The minimum absolute atomic E-state index is 0.145. The summed E-state index contributed by atoms with van der Waals surface area (Å²) in [5.41, 5.74) is 7.57. The highest BCUT2D eigenvalue weighted by Gasteiger charge is 2.31. The van der Waals surface area contributed by atoms with Gasteiger partial charge in [0.2, 0.25) is 0 Å². The molecule has 1 unspecified atom stereocenters. The smallest absolute Gasteiger partial charge is 0.126 e. The summed E-state index contributed by atoms with van der Waals surface area (Å²) < 4.78 is 2.05. The zero-order valence-corrected chi connectivity index (χ0v) is 9.33. The molecular weight excluding hydrogens is 188 g/mol. The topological polar surface area (TPSA) is 67.7 Å². The molecule has 1 aliphatic carbocycles. The standard InChI is InChI=1S/C11H18N4/c1-3-7(2)15-10(8-4-5-8)9(6-14-15)11(12)13/h6-8H,3-5H2,1-2H3,(H3,12,13). The minimum atomic E-state index is 0.145. The Hall–Kier alpha value is -1.32. The Morgan fingerprint density at radius 1 is 1.73 bits per heavy atom. The fourth-order valence-corrected chi connectivity index (χ4v) is 1.87. The van der Waals surface area contributed by atoms with E-state index in [1.165, 1.54) is 18.5 Å². The van der Waals surface area contributed by atoms with Gasteiger partial charge >= 0.3 is 0 Å². The lowest BCUT2D eigenvalue weighted by Gasteiger charge is -2.14. The van der Waals surface area contributed by atoms with E-state index in [2.05, 4.69) is 23.6 Å². The van der Waals surface area contributed by atoms with Crippen LogP contribution in [0.1, 0.15) is 56.3 Å². The summed E-state index contributed by atoms with van der Waals surface area (Å²) >= 11 is 0. The van der Waals surface area contributed by atoms with Gasteiger partial charge in [-0.3, -0.25) is 10.1 Å². The number of rotatable bonds is 4. The van der Waals surface area contributed by atoms with Gasteiger partial charge in [-0.05, 0) is 26.2 Å². The van der Waals surface area contributed by atoms with E-state index >= 15 is 0 Å². The van der Waals surface area contributed by atoms with Crippen LogP contribution in [-0.2, 0) is 0 Å². The molecule has 1 aliphatic rings. The van der Waals surface area contributed by atoms with Crippen molar-refractivity contribution in [3.8, 4) is 0 Å². The summed E-state index contributed by atoms with van der Waals surface area (Å²) in [4.78, 5) is 0. The van der Waals surface area contributed by atoms with Crippen molar-refractivity contribution in [3.63, 3.8) is 0 Å². The van der Waals surface area contributed by atoms with Crippen LogP contribution in [0.3, 0.4) is 0 Å². The van der Waals surface area contributed by atoms with Crippen molar-refractivity contribution in [1.82, 2.24) is 9.78 Å². The molecule has 4 heteroatoms. The minimum Gasteiger partial charge on any atom is -0.384 e. The largest absolute Gasteiger partial charge is 0.384 e. The van der Waals surface area contributed by atoms with Gasteiger partial charge in [-0.1, -0.05) is 6.92 Å². The first-order valence-corrected chi connectivity index (χ1v) is 5.57. The zero-order chi connectivity index (χ0) is 11.0. The fraction of sp³-hybridized carbons (Fsp3) is 0.636. The van der Waals surface area contributed by atoms with Crippen LogP contribution >= 0.6 is 0 Å². The third kappa shape index (κ3) is 1.76. The number of hydrogen-bond donors (Lipinski definition) is 2. The predicted octanol–water partition coefficient (Wildman–Crippen LogP) is 2.02. The van der Waals surface area contributed by atoms with Crippen LogP contribution in [0, 0.1) is 5.41 Å². The summed E-state index contributed by atoms with van der Waals surface area (Å²) in [7, 11) is 0. The van der Waals surface area contributed by atoms with E-state index in [0.29, 0.717) is 12.0 Å². The molecule has 1 atom stereocenters. The van der Waals surface area contributed by atoms with Crippen LogP contribution in [-0.4, -0.2) is 15.6 Å². The van der Waals surface area contributed by atoms with Crippen molar-refractivity contribution in [3.05, 3.63) is 17.5 Å². The number of nitrogens with one attached hydrogen (secondary N) is 1. The number of nitrogen functional groups attached to an aromatic ring is 1. The van der Waals surface area contributed by atoms with Crippen LogP contribution in [0.4, 0.5) is 0 Å². The number of nitrogens with zero attached hydrogens (tertiary/aromatic N) is 2. The Labute approximate surface area is 90.0 Å². The molecule has 1 aromatic heterocycles. The van der Waals surface area contributed by atoms with E-state index in [1.54, 1.807) is 6.20 Å². The molecule has 0 amide bonds. The Balaban J connectivity index is 2.42. The molecule has 1 saturated carbocycles. The number of nitrogens with two attached hydrogens (primary N) is 1.